The summed E-state index contributed by atoms with van der Waals surface area (Å²) in [7, 11) is 0. The largest absolute Gasteiger partial charge is 0.356 e. The molecular formula is C26H39N3O3. The molecule has 1 fully saturated rings. The van der Waals surface area contributed by atoms with E-state index >= 15 is 0 Å². The zero-order valence-corrected chi connectivity index (χ0v) is 19.9. The maximum Gasteiger partial charge on any atom is 0.245 e. The minimum absolute atomic E-state index is 0.0218. The van der Waals surface area contributed by atoms with E-state index in [0.29, 0.717) is 45.3 Å². The highest BCUT2D eigenvalue weighted by molar-refractivity contribution is 5.89. The van der Waals surface area contributed by atoms with Gasteiger partial charge in [0.05, 0.1) is 0 Å². The van der Waals surface area contributed by atoms with Crippen LogP contribution in [-0.2, 0) is 27.3 Å². The number of piperidine rings is 1. The van der Waals surface area contributed by atoms with Gasteiger partial charge < -0.3 is 15.1 Å². The van der Waals surface area contributed by atoms with Crippen LogP contribution in [0, 0.1) is 11.8 Å². The van der Waals surface area contributed by atoms with Crippen molar-refractivity contribution in [1.82, 2.24) is 15.1 Å². The van der Waals surface area contributed by atoms with E-state index in [0.717, 1.165) is 36.9 Å². The number of nitrogens with zero attached hydrogens (tertiary/aromatic N) is 2. The molecule has 2 aliphatic heterocycles. The quantitative estimate of drug-likeness (QED) is 0.628. The first-order valence-electron chi connectivity index (χ1n) is 12.3. The minimum atomic E-state index is -0.449. The molecule has 0 saturated carbocycles. The van der Waals surface area contributed by atoms with E-state index in [1.165, 1.54) is 0 Å². The van der Waals surface area contributed by atoms with Gasteiger partial charge in [0.15, 0.2) is 0 Å². The molecule has 176 valence electrons. The molecule has 1 aromatic carbocycles. The lowest BCUT2D eigenvalue weighted by Gasteiger charge is -2.40. The Kier molecular flexibility index (Phi) is 8.71. The van der Waals surface area contributed by atoms with Gasteiger partial charge in [-0.3, -0.25) is 14.4 Å². The molecule has 3 rings (SSSR count). The minimum Gasteiger partial charge on any atom is -0.356 e. The van der Waals surface area contributed by atoms with Crippen LogP contribution in [0.1, 0.15) is 70.4 Å². The summed E-state index contributed by atoms with van der Waals surface area (Å²) in [5.41, 5.74) is 2.29. The summed E-state index contributed by atoms with van der Waals surface area (Å²) < 4.78 is 0. The number of benzene rings is 1. The number of rotatable bonds is 8. The van der Waals surface area contributed by atoms with Crippen molar-refractivity contribution in [2.75, 3.05) is 19.6 Å². The molecule has 0 aliphatic carbocycles. The molecular weight excluding hydrogens is 402 g/mol. The van der Waals surface area contributed by atoms with Crippen molar-refractivity contribution in [3.63, 3.8) is 0 Å². The smallest absolute Gasteiger partial charge is 0.245 e. The number of carbonyl (C=O) groups excluding carboxylic acids is 3. The second kappa shape index (κ2) is 11.5. The maximum absolute atomic E-state index is 13.5. The van der Waals surface area contributed by atoms with Gasteiger partial charge in [-0.2, -0.15) is 0 Å². The van der Waals surface area contributed by atoms with E-state index in [2.05, 4.69) is 24.4 Å². The molecule has 1 aromatic rings. The zero-order valence-electron chi connectivity index (χ0n) is 19.9. The van der Waals surface area contributed by atoms with Gasteiger partial charge in [-0.1, -0.05) is 57.9 Å². The number of carbonyl (C=O) groups is 3. The third-order valence-electron chi connectivity index (χ3n) is 6.69. The Bertz CT molecular complexity index is 799. The van der Waals surface area contributed by atoms with Crippen molar-refractivity contribution in [3.05, 3.63) is 35.4 Å². The number of unbranched alkanes of at least 4 members (excludes halogenated alkanes) is 2. The summed E-state index contributed by atoms with van der Waals surface area (Å²) in [5.74, 6) is 0.426. The molecule has 32 heavy (non-hydrogen) atoms. The molecule has 1 N–H and O–H groups in total. The monoisotopic (exact) mass is 441 g/mol. The summed E-state index contributed by atoms with van der Waals surface area (Å²) in [6, 6.07) is 7.65. The Morgan fingerprint density at radius 3 is 2.41 bits per heavy atom. The van der Waals surface area contributed by atoms with E-state index in [-0.39, 0.29) is 29.6 Å². The van der Waals surface area contributed by atoms with Crippen molar-refractivity contribution in [1.29, 1.82) is 0 Å². The third kappa shape index (κ3) is 6.11. The zero-order chi connectivity index (χ0) is 23.1. The van der Waals surface area contributed by atoms with Crippen molar-refractivity contribution in [3.8, 4) is 0 Å². The van der Waals surface area contributed by atoms with Crippen LogP contribution in [0.15, 0.2) is 24.3 Å². The highest BCUT2D eigenvalue weighted by atomic mass is 16.2. The lowest BCUT2D eigenvalue weighted by atomic mass is 9.90. The third-order valence-corrected chi connectivity index (χ3v) is 6.69. The first kappa shape index (κ1) is 24.3. The van der Waals surface area contributed by atoms with Crippen LogP contribution < -0.4 is 5.32 Å². The molecule has 6 heteroatoms. The van der Waals surface area contributed by atoms with Crippen LogP contribution in [0.2, 0.25) is 0 Å². The normalized spacial score (nSPS) is 19.1. The predicted octanol–water partition coefficient (Wildman–Crippen LogP) is 3.53. The molecule has 0 aromatic heterocycles. The van der Waals surface area contributed by atoms with Crippen molar-refractivity contribution >= 4 is 17.7 Å². The van der Waals surface area contributed by atoms with Gasteiger partial charge in [-0.25, -0.2) is 0 Å². The molecule has 3 amide bonds. The summed E-state index contributed by atoms with van der Waals surface area (Å²) in [4.78, 5) is 42.6. The Balaban J connectivity index is 1.62. The first-order valence-corrected chi connectivity index (χ1v) is 12.3. The van der Waals surface area contributed by atoms with Gasteiger partial charge in [-0.05, 0) is 36.3 Å². The molecule has 2 aliphatic rings. The van der Waals surface area contributed by atoms with E-state index in [1.54, 1.807) is 4.90 Å². The van der Waals surface area contributed by atoms with Gasteiger partial charge in [0.25, 0.3) is 0 Å². The first-order chi connectivity index (χ1) is 15.4. The van der Waals surface area contributed by atoms with Crippen LogP contribution in [0.25, 0.3) is 0 Å². The van der Waals surface area contributed by atoms with Crippen LogP contribution in [0.4, 0.5) is 0 Å². The standard InChI is InChI=1S/C26H39N3O3/c1-4-5-8-13-27-25(31)20-11-14-28(15-12-20)26(32)23-17-21-9-6-7-10-22(21)18-29(23)24(30)16-19(2)3/h6-7,9-10,19-20,23H,4-5,8,11-18H2,1-3H3,(H,27,31). The second-order valence-electron chi connectivity index (χ2n) is 9.71. The van der Waals surface area contributed by atoms with E-state index in [4.69, 9.17) is 0 Å². The lowest BCUT2D eigenvalue weighted by Crippen LogP contribution is -2.55. The average Bonchev–Trinajstić information content (AvgIpc) is 2.80. The Labute approximate surface area is 192 Å². The van der Waals surface area contributed by atoms with Crippen molar-refractivity contribution < 1.29 is 14.4 Å². The van der Waals surface area contributed by atoms with Crippen LogP contribution >= 0.6 is 0 Å². The fourth-order valence-corrected chi connectivity index (χ4v) is 4.78. The van der Waals surface area contributed by atoms with Gasteiger partial charge in [-0.15, -0.1) is 0 Å². The molecule has 0 bridgehead atoms. The summed E-state index contributed by atoms with van der Waals surface area (Å²) in [5, 5.41) is 3.05. The molecule has 6 nitrogen and oxygen atoms in total. The molecule has 0 spiro atoms. The number of nitrogens with one attached hydrogen (secondary N) is 1. The van der Waals surface area contributed by atoms with Gasteiger partial charge >= 0.3 is 0 Å². The van der Waals surface area contributed by atoms with Crippen LogP contribution in [0.3, 0.4) is 0 Å². The number of likely N-dealkylation sites (tertiary alicyclic amines) is 1. The average molecular weight is 442 g/mol. The Morgan fingerprint density at radius 1 is 1.06 bits per heavy atom. The van der Waals surface area contributed by atoms with Crippen LogP contribution in [-0.4, -0.2) is 53.2 Å². The summed E-state index contributed by atoms with van der Waals surface area (Å²) in [6.07, 6.45) is 5.68. The Morgan fingerprint density at radius 2 is 1.75 bits per heavy atom. The second-order valence-corrected chi connectivity index (χ2v) is 9.71. The molecule has 1 atom stereocenters. The maximum atomic E-state index is 13.5. The molecule has 0 radical (unpaired) electrons. The van der Waals surface area contributed by atoms with E-state index < -0.39 is 6.04 Å². The molecule has 2 heterocycles. The lowest BCUT2D eigenvalue weighted by molar-refractivity contribution is -0.148. The van der Waals surface area contributed by atoms with E-state index in [9.17, 15) is 14.4 Å². The Hall–Kier alpha value is -2.37. The summed E-state index contributed by atoms with van der Waals surface area (Å²) >= 11 is 0. The highest BCUT2D eigenvalue weighted by Crippen LogP contribution is 2.27. The topological polar surface area (TPSA) is 69.7 Å². The van der Waals surface area contributed by atoms with Crippen molar-refractivity contribution in [2.45, 2.75) is 78.3 Å². The highest BCUT2D eigenvalue weighted by Gasteiger charge is 2.38. The summed E-state index contributed by atoms with van der Waals surface area (Å²) in [6.45, 7) is 8.61. The van der Waals surface area contributed by atoms with Gasteiger partial charge in [0.1, 0.15) is 6.04 Å². The molecule has 1 unspecified atom stereocenters. The number of hydrogen-bond donors (Lipinski definition) is 1. The fraction of sp³-hybridized carbons (Fsp3) is 0.654. The fourth-order valence-electron chi connectivity index (χ4n) is 4.78. The van der Waals surface area contributed by atoms with Crippen molar-refractivity contribution in [2.24, 2.45) is 11.8 Å². The van der Waals surface area contributed by atoms with E-state index in [1.807, 2.05) is 30.9 Å². The number of fused-ring (bicyclic) bond motifs is 1. The van der Waals surface area contributed by atoms with Gasteiger partial charge in [0, 0.05) is 44.9 Å². The SMILES string of the molecule is CCCCCNC(=O)C1CCN(C(=O)C2Cc3ccccc3CN2C(=O)CC(C)C)CC1. The predicted molar refractivity (Wildman–Crippen MR) is 126 cm³/mol. The molecule has 1 saturated heterocycles. The number of hydrogen-bond acceptors (Lipinski definition) is 3. The number of amides is 3. The van der Waals surface area contributed by atoms with Gasteiger partial charge in [0.2, 0.25) is 17.7 Å². The van der Waals surface area contributed by atoms with Crippen LogP contribution in [0.5, 0.6) is 0 Å².